The zero-order valence-electron chi connectivity index (χ0n) is 19.6. The van der Waals surface area contributed by atoms with Gasteiger partial charge in [-0.05, 0) is 75.4 Å². The van der Waals surface area contributed by atoms with Crippen LogP contribution in [0.1, 0.15) is 48.1 Å². The van der Waals surface area contributed by atoms with Crippen LogP contribution in [0.25, 0.3) is 10.8 Å². The number of fused-ring (bicyclic) bond motifs is 1. The lowest BCUT2D eigenvalue weighted by Gasteiger charge is -2.40. The molecule has 3 heterocycles. The molecule has 180 valence electrons. The number of alkyl halides is 3. The molecular formula is C26H30F3N5. The van der Waals surface area contributed by atoms with Gasteiger partial charge < -0.3 is 15.5 Å². The van der Waals surface area contributed by atoms with Gasteiger partial charge in [0.15, 0.2) is 5.82 Å². The average Bonchev–Trinajstić information content (AvgIpc) is 3.27. The van der Waals surface area contributed by atoms with Gasteiger partial charge in [-0.25, -0.2) is 0 Å². The fourth-order valence-corrected chi connectivity index (χ4v) is 5.45. The first-order valence-electron chi connectivity index (χ1n) is 11.9. The molecule has 34 heavy (non-hydrogen) atoms. The predicted molar refractivity (Wildman–Crippen MR) is 129 cm³/mol. The van der Waals surface area contributed by atoms with E-state index in [0.29, 0.717) is 16.9 Å². The Hall–Kier alpha value is -2.87. The van der Waals surface area contributed by atoms with E-state index >= 15 is 0 Å². The quantitative estimate of drug-likeness (QED) is 0.521. The summed E-state index contributed by atoms with van der Waals surface area (Å²) in [6, 6.07) is 10.6. The summed E-state index contributed by atoms with van der Waals surface area (Å²) in [4.78, 5) is 2.42. The fourth-order valence-electron chi connectivity index (χ4n) is 5.45. The highest BCUT2D eigenvalue weighted by Gasteiger charge is 2.36. The molecule has 2 aliphatic heterocycles. The number of anilines is 2. The molecule has 2 aliphatic rings. The molecule has 2 saturated heterocycles. The molecule has 0 atom stereocenters. The van der Waals surface area contributed by atoms with Crippen LogP contribution in [-0.2, 0) is 12.7 Å². The van der Waals surface area contributed by atoms with E-state index < -0.39 is 11.7 Å². The van der Waals surface area contributed by atoms with Crippen LogP contribution in [0.3, 0.4) is 0 Å². The van der Waals surface area contributed by atoms with Crippen molar-refractivity contribution in [3.8, 4) is 0 Å². The minimum Gasteiger partial charge on any atom is -0.371 e. The molecule has 2 aromatic carbocycles. The number of benzene rings is 2. The molecule has 0 amide bonds. The van der Waals surface area contributed by atoms with E-state index in [2.05, 4.69) is 43.9 Å². The minimum absolute atomic E-state index is 0.232. The third-order valence-corrected chi connectivity index (χ3v) is 7.56. The van der Waals surface area contributed by atoms with E-state index in [1.165, 1.54) is 25.8 Å². The van der Waals surface area contributed by atoms with Gasteiger partial charge in [-0.15, -0.1) is 5.10 Å². The smallest absolute Gasteiger partial charge is 0.371 e. The topological polar surface area (TPSA) is 53.1 Å². The van der Waals surface area contributed by atoms with E-state index in [-0.39, 0.29) is 12.1 Å². The van der Waals surface area contributed by atoms with Crippen molar-refractivity contribution in [2.24, 2.45) is 0 Å². The number of halogens is 3. The van der Waals surface area contributed by atoms with Gasteiger partial charge in [0.05, 0.1) is 11.3 Å². The number of nitrogens with zero attached hydrogens (tertiary/aromatic N) is 3. The molecular weight excluding hydrogens is 439 g/mol. The van der Waals surface area contributed by atoms with Crippen molar-refractivity contribution >= 4 is 22.3 Å². The molecule has 0 unspecified atom stereocenters. The average molecular weight is 470 g/mol. The third-order valence-electron chi connectivity index (χ3n) is 7.56. The number of piperidine rings is 1. The molecule has 2 fully saturated rings. The van der Waals surface area contributed by atoms with E-state index in [0.717, 1.165) is 60.7 Å². The van der Waals surface area contributed by atoms with Crippen LogP contribution in [0.5, 0.6) is 0 Å². The Morgan fingerprint density at radius 2 is 1.82 bits per heavy atom. The largest absolute Gasteiger partial charge is 0.416 e. The highest BCUT2D eigenvalue weighted by molar-refractivity contribution is 5.95. The lowest BCUT2D eigenvalue weighted by Crippen LogP contribution is -2.50. The van der Waals surface area contributed by atoms with Crippen molar-refractivity contribution in [2.75, 3.05) is 29.9 Å². The summed E-state index contributed by atoms with van der Waals surface area (Å²) in [6.07, 6.45) is 0.425. The van der Waals surface area contributed by atoms with Crippen molar-refractivity contribution in [1.29, 1.82) is 0 Å². The summed E-state index contributed by atoms with van der Waals surface area (Å²) in [6.45, 7) is 6.80. The van der Waals surface area contributed by atoms with Crippen molar-refractivity contribution in [2.45, 2.75) is 57.8 Å². The molecule has 5 rings (SSSR count). The van der Waals surface area contributed by atoms with Crippen LogP contribution in [0.2, 0.25) is 0 Å². The van der Waals surface area contributed by atoms with Gasteiger partial charge in [0, 0.05) is 41.6 Å². The standard InChI is InChI=1S/C26H30F3N5/c1-17-19(5-3-6-23(17)26(27,28)29)16-30-24-22-15-20(7-8-21(22)18(2)32-33-24)34-13-10-25(11-14-34)9-4-12-31-25/h3,5-8,15,31H,4,9-14,16H2,1-2H3,(H,30,33). The van der Waals surface area contributed by atoms with E-state index in [1.807, 2.05) is 6.92 Å². The number of hydrogen-bond acceptors (Lipinski definition) is 5. The highest BCUT2D eigenvalue weighted by atomic mass is 19.4. The van der Waals surface area contributed by atoms with Gasteiger partial charge in [0.2, 0.25) is 0 Å². The zero-order valence-corrected chi connectivity index (χ0v) is 19.6. The predicted octanol–water partition coefficient (Wildman–Crippen LogP) is 5.60. The number of aryl methyl sites for hydroxylation is 1. The first-order chi connectivity index (χ1) is 16.3. The van der Waals surface area contributed by atoms with Crippen molar-refractivity contribution in [3.05, 3.63) is 58.8 Å². The normalized spacial score (nSPS) is 18.1. The summed E-state index contributed by atoms with van der Waals surface area (Å²) in [7, 11) is 0. The Balaban J connectivity index is 1.40. The molecule has 8 heteroatoms. The molecule has 5 nitrogen and oxygen atoms in total. The maximum atomic E-state index is 13.3. The monoisotopic (exact) mass is 469 g/mol. The lowest BCUT2D eigenvalue weighted by atomic mass is 9.86. The molecule has 0 aliphatic carbocycles. The Bertz CT molecular complexity index is 1190. The molecule has 2 N–H and O–H groups in total. The van der Waals surface area contributed by atoms with E-state index in [1.54, 1.807) is 6.07 Å². The van der Waals surface area contributed by atoms with Gasteiger partial charge >= 0.3 is 6.18 Å². The number of aromatic nitrogens is 2. The van der Waals surface area contributed by atoms with Crippen LogP contribution in [0, 0.1) is 13.8 Å². The molecule has 1 spiro atoms. The number of nitrogens with one attached hydrogen (secondary N) is 2. The van der Waals surface area contributed by atoms with Gasteiger partial charge in [-0.2, -0.15) is 18.3 Å². The van der Waals surface area contributed by atoms with Crippen LogP contribution < -0.4 is 15.5 Å². The minimum atomic E-state index is -4.37. The van der Waals surface area contributed by atoms with Crippen LogP contribution >= 0.6 is 0 Å². The molecule has 0 bridgehead atoms. The third kappa shape index (κ3) is 4.31. The van der Waals surface area contributed by atoms with Crippen molar-refractivity contribution in [1.82, 2.24) is 15.5 Å². The van der Waals surface area contributed by atoms with Crippen LogP contribution in [0.4, 0.5) is 24.7 Å². The molecule has 0 radical (unpaired) electrons. The number of hydrogen-bond donors (Lipinski definition) is 2. The van der Waals surface area contributed by atoms with Crippen molar-refractivity contribution in [3.63, 3.8) is 0 Å². The van der Waals surface area contributed by atoms with Crippen molar-refractivity contribution < 1.29 is 13.2 Å². The van der Waals surface area contributed by atoms with E-state index in [4.69, 9.17) is 0 Å². The summed E-state index contributed by atoms with van der Waals surface area (Å²) >= 11 is 0. The second kappa shape index (κ2) is 8.73. The van der Waals surface area contributed by atoms with Gasteiger partial charge in [-0.1, -0.05) is 18.2 Å². The first kappa shape index (κ1) is 22.9. The molecule has 0 saturated carbocycles. The Morgan fingerprint density at radius 3 is 2.53 bits per heavy atom. The lowest BCUT2D eigenvalue weighted by molar-refractivity contribution is -0.138. The Morgan fingerprint density at radius 1 is 1.03 bits per heavy atom. The molecule has 1 aromatic heterocycles. The second-order valence-corrected chi connectivity index (χ2v) is 9.60. The first-order valence-corrected chi connectivity index (χ1v) is 11.9. The SMILES string of the molecule is Cc1c(CNc2nnc(C)c3ccc(N4CCC5(CCCN5)CC4)cc23)cccc1C(F)(F)F. The summed E-state index contributed by atoms with van der Waals surface area (Å²) in [5.74, 6) is 0.588. The Labute approximate surface area is 197 Å². The van der Waals surface area contributed by atoms with Gasteiger partial charge in [0.25, 0.3) is 0 Å². The van der Waals surface area contributed by atoms with Gasteiger partial charge in [0.1, 0.15) is 0 Å². The maximum Gasteiger partial charge on any atom is 0.416 e. The summed E-state index contributed by atoms with van der Waals surface area (Å²) < 4.78 is 39.9. The fraction of sp³-hybridized carbons (Fsp3) is 0.462. The maximum absolute atomic E-state index is 13.3. The Kier molecular flexibility index (Phi) is 5.88. The summed E-state index contributed by atoms with van der Waals surface area (Å²) in [5.41, 5.74) is 2.50. The summed E-state index contributed by atoms with van der Waals surface area (Å²) in [5, 5.41) is 17.5. The van der Waals surface area contributed by atoms with Gasteiger partial charge in [-0.3, -0.25) is 0 Å². The zero-order chi connectivity index (χ0) is 23.9. The highest BCUT2D eigenvalue weighted by Crippen LogP contribution is 2.36. The van der Waals surface area contributed by atoms with Crippen LogP contribution in [0.15, 0.2) is 36.4 Å². The second-order valence-electron chi connectivity index (χ2n) is 9.60. The number of rotatable bonds is 4. The van der Waals surface area contributed by atoms with E-state index in [9.17, 15) is 13.2 Å². The molecule has 3 aromatic rings. The van der Waals surface area contributed by atoms with Crippen LogP contribution in [-0.4, -0.2) is 35.4 Å².